The molecule has 0 heterocycles. The molecule has 0 saturated heterocycles. The zero-order valence-electron chi connectivity index (χ0n) is 14.7. The Balaban J connectivity index is 3.41. The van der Waals surface area contributed by atoms with E-state index in [4.69, 9.17) is 14.2 Å². The number of rotatable bonds is 13. The van der Waals surface area contributed by atoms with Crippen molar-refractivity contribution in [2.45, 2.75) is 52.4 Å². The van der Waals surface area contributed by atoms with Gasteiger partial charge in [0.1, 0.15) is 6.61 Å². The van der Waals surface area contributed by atoms with Gasteiger partial charge < -0.3 is 19.5 Å². The highest BCUT2D eigenvalue weighted by Gasteiger charge is 2.05. The van der Waals surface area contributed by atoms with E-state index in [0.717, 1.165) is 19.3 Å². The number of alkyl carbamates (subject to hydrolysis) is 1. The van der Waals surface area contributed by atoms with E-state index in [1.807, 2.05) is 6.92 Å². The lowest BCUT2D eigenvalue weighted by Gasteiger charge is -2.08. The first-order valence-corrected chi connectivity index (χ1v) is 8.36. The van der Waals surface area contributed by atoms with Crippen LogP contribution in [0.25, 0.3) is 0 Å². The summed E-state index contributed by atoms with van der Waals surface area (Å²) in [5.74, 6) is -0.662. The summed E-state index contributed by atoms with van der Waals surface area (Å²) in [5, 5.41) is 2.47. The van der Waals surface area contributed by atoms with E-state index in [2.05, 4.69) is 11.9 Å². The number of hydrogen-bond acceptors (Lipinski definition) is 6. The minimum absolute atomic E-state index is 0.0704. The molecule has 0 aliphatic carbocycles. The molecule has 0 unspecified atom stereocenters. The minimum Gasteiger partial charge on any atom is -0.466 e. The van der Waals surface area contributed by atoms with Gasteiger partial charge in [-0.2, -0.15) is 0 Å². The van der Waals surface area contributed by atoms with Crippen molar-refractivity contribution in [1.82, 2.24) is 5.32 Å². The maximum atomic E-state index is 11.3. The van der Waals surface area contributed by atoms with Gasteiger partial charge in [0.15, 0.2) is 0 Å². The third-order valence-corrected chi connectivity index (χ3v) is 2.97. The summed E-state index contributed by atoms with van der Waals surface area (Å²) in [6.07, 6.45) is 3.91. The van der Waals surface area contributed by atoms with Crippen molar-refractivity contribution in [2.75, 3.05) is 26.4 Å². The van der Waals surface area contributed by atoms with Crippen LogP contribution in [0.5, 0.6) is 0 Å². The van der Waals surface area contributed by atoms with Gasteiger partial charge in [0.2, 0.25) is 0 Å². The van der Waals surface area contributed by atoms with Crippen molar-refractivity contribution < 1.29 is 28.6 Å². The van der Waals surface area contributed by atoms with Gasteiger partial charge >= 0.3 is 18.0 Å². The molecule has 1 amide bonds. The van der Waals surface area contributed by atoms with Crippen molar-refractivity contribution >= 4 is 18.0 Å². The topological polar surface area (TPSA) is 90.9 Å². The van der Waals surface area contributed by atoms with E-state index in [1.54, 1.807) is 6.92 Å². The number of unbranched alkanes of at least 4 members (excludes halogenated alkanes) is 3. The number of amides is 1. The molecule has 7 nitrogen and oxygen atoms in total. The van der Waals surface area contributed by atoms with E-state index >= 15 is 0 Å². The maximum absolute atomic E-state index is 11.3. The predicted octanol–water partition coefficient (Wildman–Crippen LogP) is 2.74. The Bertz CT molecular complexity index is 408. The second kappa shape index (κ2) is 14.5. The van der Waals surface area contributed by atoms with E-state index in [9.17, 15) is 14.4 Å². The van der Waals surface area contributed by atoms with Crippen LogP contribution in [-0.2, 0) is 23.8 Å². The normalized spacial score (nSPS) is 9.92. The van der Waals surface area contributed by atoms with Gasteiger partial charge in [-0.15, -0.1) is 0 Å². The van der Waals surface area contributed by atoms with E-state index < -0.39 is 12.1 Å². The molecule has 0 fully saturated rings. The standard InChI is InChI=1S/C17H29NO6/c1-4-5-11-22-15(19)9-7-6-8-12-24-17(21)18-10-13-23-16(20)14(2)3/h2,4-13H2,1,3H3,(H,18,21). The Labute approximate surface area is 143 Å². The largest absolute Gasteiger partial charge is 0.466 e. The van der Waals surface area contributed by atoms with Crippen molar-refractivity contribution in [3.8, 4) is 0 Å². The van der Waals surface area contributed by atoms with Crippen LogP contribution in [0.2, 0.25) is 0 Å². The molecule has 1 N–H and O–H groups in total. The number of carbonyl (C=O) groups excluding carboxylic acids is 3. The number of ether oxygens (including phenoxy) is 3. The van der Waals surface area contributed by atoms with Crippen molar-refractivity contribution in [2.24, 2.45) is 0 Å². The minimum atomic E-state index is -0.555. The molecule has 0 radical (unpaired) electrons. The van der Waals surface area contributed by atoms with Gasteiger partial charge in [-0.3, -0.25) is 4.79 Å². The Morgan fingerprint density at radius 3 is 2.29 bits per heavy atom. The van der Waals surface area contributed by atoms with Crippen molar-refractivity contribution in [1.29, 1.82) is 0 Å². The lowest BCUT2D eigenvalue weighted by atomic mass is 10.2. The number of esters is 2. The molecule has 0 bridgehead atoms. The molecular formula is C17H29NO6. The molecule has 0 aliphatic heterocycles. The molecule has 0 atom stereocenters. The summed E-state index contributed by atoms with van der Waals surface area (Å²) in [6, 6.07) is 0. The summed E-state index contributed by atoms with van der Waals surface area (Å²) in [7, 11) is 0. The second-order valence-electron chi connectivity index (χ2n) is 5.36. The first kappa shape index (κ1) is 21.9. The predicted molar refractivity (Wildman–Crippen MR) is 89.5 cm³/mol. The van der Waals surface area contributed by atoms with Crippen LogP contribution in [0.1, 0.15) is 52.4 Å². The molecule has 0 rings (SSSR count). The Morgan fingerprint density at radius 2 is 1.62 bits per heavy atom. The fourth-order valence-corrected chi connectivity index (χ4v) is 1.59. The molecule has 0 aliphatic rings. The summed E-state index contributed by atoms with van der Waals surface area (Å²) < 4.78 is 14.8. The van der Waals surface area contributed by atoms with Crippen LogP contribution >= 0.6 is 0 Å². The average Bonchev–Trinajstić information content (AvgIpc) is 2.54. The van der Waals surface area contributed by atoms with Crippen LogP contribution in [0.15, 0.2) is 12.2 Å². The van der Waals surface area contributed by atoms with Crippen LogP contribution in [0.3, 0.4) is 0 Å². The SMILES string of the molecule is C=C(C)C(=O)OCCNC(=O)OCCCCCC(=O)OCCCC. The quantitative estimate of drug-likeness (QED) is 0.239. The van der Waals surface area contributed by atoms with E-state index in [-0.39, 0.29) is 25.7 Å². The molecule has 0 aromatic heterocycles. The number of carbonyl (C=O) groups is 3. The van der Waals surface area contributed by atoms with Gasteiger partial charge in [0, 0.05) is 12.0 Å². The third kappa shape index (κ3) is 13.6. The Hall–Kier alpha value is -2.05. The maximum Gasteiger partial charge on any atom is 0.407 e. The number of nitrogens with one attached hydrogen (secondary N) is 1. The zero-order valence-corrected chi connectivity index (χ0v) is 14.7. The molecule has 0 spiro atoms. The van der Waals surface area contributed by atoms with Gasteiger partial charge in [-0.1, -0.05) is 19.9 Å². The second-order valence-corrected chi connectivity index (χ2v) is 5.36. The summed E-state index contributed by atoms with van der Waals surface area (Å²) in [6.45, 7) is 8.06. The van der Waals surface area contributed by atoms with Crippen LogP contribution in [0.4, 0.5) is 4.79 Å². The van der Waals surface area contributed by atoms with Gasteiger partial charge in [-0.25, -0.2) is 9.59 Å². The summed E-state index contributed by atoms with van der Waals surface area (Å²) in [5.41, 5.74) is 0.312. The van der Waals surface area contributed by atoms with Gasteiger partial charge in [-0.05, 0) is 32.6 Å². The lowest BCUT2D eigenvalue weighted by Crippen LogP contribution is -2.29. The van der Waals surface area contributed by atoms with Crippen LogP contribution in [-0.4, -0.2) is 44.4 Å². The molecule has 138 valence electrons. The van der Waals surface area contributed by atoms with E-state index in [0.29, 0.717) is 31.4 Å². The van der Waals surface area contributed by atoms with Gasteiger partial charge in [0.05, 0.1) is 19.8 Å². The van der Waals surface area contributed by atoms with E-state index in [1.165, 1.54) is 0 Å². The third-order valence-electron chi connectivity index (χ3n) is 2.97. The fourth-order valence-electron chi connectivity index (χ4n) is 1.59. The molecule has 7 heteroatoms. The molecule has 24 heavy (non-hydrogen) atoms. The van der Waals surface area contributed by atoms with Crippen LogP contribution < -0.4 is 5.32 Å². The number of hydrogen-bond donors (Lipinski definition) is 1. The first-order chi connectivity index (χ1) is 11.5. The highest BCUT2D eigenvalue weighted by Crippen LogP contribution is 2.02. The molecular weight excluding hydrogens is 314 g/mol. The highest BCUT2D eigenvalue weighted by atomic mass is 16.6. The smallest absolute Gasteiger partial charge is 0.407 e. The monoisotopic (exact) mass is 343 g/mol. The molecule has 0 aromatic carbocycles. The average molecular weight is 343 g/mol. The molecule has 0 saturated carbocycles. The van der Waals surface area contributed by atoms with Crippen molar-refractivity contribution in [3.05, 3.63) is 12.2 Å². The van der Waals surface area contributed by atoms with Crippen LogP contribution in [0, 0.1) is 0 Å². The van der Waals surface area contributed by atoms with Crippen molar-refractivity contribution in [3.63, 3.8) is 0 Å². The molecule has 0 aromatic rings. The fraction of sp³-hybridized carbons (Fsp3) is 0.706. The lowest BCUT2D eigenvalue weighted by molar-refractivity contribution is -0.144. The Morgan fingerprint density at radius 1 is 0.917 bits per heavy atom. The first-order valence-electron chi connectivity index (χ1n) is 8.36. The van der Waals surface area contributed by atoms with Gasteiger partial charge in [0.25, 0.3) is 0 Å². The highest BCUT2D eigenvalue weighted by molar-refractivity contribution is 5.86. The Kier molecular flexibility index (Phi) is 13.3. The summed E-state index contributed by atoms with van der Waals surface area (Å²) >= 11 is 0. The summed E-state index contributed by atoms with van der Waals surface area (Å²) in [4.78, 5) is 33.8. The zero-order chi connectivity index (χ0) is 18.2.